The number of ether oxygens (including phenoxy) is 1. The van der Waals surface area contributed by atoms with Crippen LogP contribution in [0.2, 0.25) is 0 Å². The van der Waals surface area contributed by atoms with Crippen LogP contribution in [0.3, 0.4) is 0 Å². The van der Waals surface area contributed by atoms with Gasteiger partial charge in [-0.2, -0.15) is 0 Å². The second-order valence-electron chi connectivity index (χ2n) is 6.95. The molecule has 0 aliphatic carbocycles. The second-order valence-corrected chi connectivity index (χ2v) is 6.95. The molecule has 3 N–H and O–H groups in total. The zero-order valence-corrected chi connectivity index (χ0v) is 12.8. The molecule has 20 heavy (non-hydrogen) atoms. The normalized spacial score (nSPS) is 19.0. The lowest BCUT2D eigenvalue weighted by molar-refractivity contribution is -0.143. The molecule has 6 heteroatoms. The van der Waals surface area contributed by atoms with Crippen LogP contribution in [-0.4, -0.2) is 48.8 Å². The minimum absolute atomic E-state index is 0.0277. The van der Waals surface area contributed by atoms with E-state index in [9.17, 15) is 9.59 Å². The first kappa shape index (κ1) is 16.9. The lowest BCUT2D eigenvalue weighted by Gasteiger charge is -2.38. The topological polar surface area (TPSA) is 87.7 Å². The number of hydrogen-bond donors (Lipinski definition) is 3. The molecule has 1 amide bonds. The summed E-state index contributed by atoms with van der Waals surface area (Å²) in [5.74, 6) is -1.71. The summed E-state index contributed by atoms with van der Waals surface area (Å²) in [6.45, 7) is 9.49. The largest absolute Gasteiger partial charge is 0.481 e. The average molecular weight is 286 g/mol. The molecule has 1 atom stereocenters. The highest BCUT2D eigenvalue weighted by Gasteiger charge is 2.33. The molecule has 0 aromatic carbocycles. The van der Waals surface area contributed by atoms with Crippen molar-refractivity contribution in [3.8, 4) is 0 Å². The van der Waals surface area contributed by atoms with Crippen molar-refractivity contribution < 1.29 is 19.4 Å². The molecule has 1 fully saturated rings. The summed E-state index contributed by atoms with van der Waals surface area (Å²) in [7, 11) is 0. The van der Waals surface area contributed by atoms with Gasteiger partial charge in [0.15, 0.2) is 0 Å². The zero-order chi connectivity index (χ0) is 15.4. The number of hydrogen-bond acceptors (Lipinski definition) is 4. The minimum Gasteiger partial charge on any atom is -0.481 e. The molecule has 1 rings (SSSR count). The third-order valence-corrected chi connectivity index (χ3v) is 3.30. The first-order valence-corrected chi connectivity index (χ1v) is 6.95. The summed E-state index contributed by atoms with van der Waals surface area (Å²) in [4.78, 5) is 22.8. The van der Waals surface area contributed by atoms with Gasteiger partial charge < -0.3 is 20.5 Å². The fraction of sp³-hybridized carbons (Fsp3) is 0.857. The van der Waals surface area contributed by atoms with E-state index in [1.54, 1.807) is 0 Å². The monoisotopic (exact) mass is 286 g/mol. The van der Waals surface area contributed by atoms with Gasteiger partial charge in [-0.05, 0) is 18.8 Å². The molecule has 1 heterocycles. The third kappa shape index (κ3) is 5.88. The molecule has 0 aromatic heterocycles. The van der Waals surface area contributed by atoms with E-state index in [-0.39, 0.29) is 30.1 Å². The van der Waals surface area contributed by atoms with Crippen LogP contribution >= 0.6 is 0 Å². The number of carboxylic acids is 1. The first-order chi connectivity index (χ1) is 9.11. The zero-order valence-electron chi connectivity index (χ0n) is 12.8. The fourth-order valence-electron chi connectivity index (χ4n) is 2.09. The van der Waals surface area contributed by atoms with Gasteiger partial charge in [-0.1, -0.05) is 20.8 Å². The maximum atomic E-state index is 11.7. The molecule has 0 saturated carbocycles. The lowest BCUT2D eigenvalue weighted by Crippen LogP contribution is -2.59. The number of amides is 1. The van der Waals surface area contributed by atoms with Gasteiger partial charge in [-0.15, -0.1) is 0 Å². The van der Waals surface area contributed by atoms with Crippen LogP contribution in [0.4, 0.5) is 0 Å². The predicted molar refractivity (Wildman–Crippen MR) is 75.4 cm³/mol. The summed E-state index contributed by atoms with van der Waals surface area (Å²) in [5.41, 5.74) is -0.357. The van der Waals surface area contributed by atoms with E-state index in [4.69, 9.17) is 9.84 Å². The molecule has 116 valence electrons. The SMILES string of the molecule is CC(C)(C)CC(CNC(=O)COC1(C)CNC1)C(=O)O. The summed E-state index contributed by atoms with van der Waals surface area (Å²) in [6.07, 6.45) is 0.519. The Morgan fingerprint density at radius 2 is 2.00 bits per heavy atom. The minimum atomic E-state index is -0.878. The molecule has 1 aliphatic rings. The van der Waals surface area contributed by atoms with Crippen LogP contribution in [-0.2, 0) is 14.3 Å². The number of nitrogens with one attached hydrogen (secondary N) is 2. The Kier molecular flexibility index (Phi) is 5.53. The maximum Gasteiger partial charge on any atom is 0.308 e. The molecule has 6 nitrogen and oxygen atoms in total. The third-order valence-electron chi connectivity index (χ3n) is 3.30. The molecule has 1 aliphatic heterocycles. The first-order valence-electron chi connectivity index (χ1n) is 6.95. The molecular weight excluding hydrogens is 260 g/mol. The van der Waals surface area contributed by atoms with Gasteiger partial charge in [0.25, 0.3) is 0 Å². The van der Waals surface area contributed by atoms with Gasteiger partial charge in [0, 0.05) is 19.6 Å². The van der Waals surface area contributed by atoms with E-state index >= 15 is 0 Å². The molecule has 0 radical (unpaired) electrons. The van der Waals surface area contributed by atoms with Crippen molar-refractivity contribution in [2.24, 2.45) is 11.3 Å². The van der Waals surface area contributed by atoms with Crippen molar-refractivity contribution in [3.63, 3.8) is 0 Å². The van der Waals surface area contributed by atoms with Gasteiger partial charge in [-0.3, -0.25) is 9.59 Å². The van der Waals surface area contributed by atoms with Gasteiger partial charge >= 0.3 is 5.97 Å². The van der Waals surface area contributed by atoms with E-state index < -0.39 is 11.9 Å². The van der Waals surface area contributed by atoms with Gasteiger partial charge in [0.1, 0.15) is 6.61 Å². The highest BCUT2D eigenvalue weighted by molar-refractivity contribution is 5.78. The van der Waals surface area contributed by atoms with Crippen molar-refractivity contribution in [1.82, 2.24) is 10.6 Å². The molecular formula is C14H26N2O4. The number of carbonyl (C=O) groups excluding carboxylic acids is 1. The van der Waals surface area contributed by atoms with Crippen molar-refractivity contribution in [2.45, 2.75) is 39.7 Å². The van der Waals surface area contributed by atoms with E-state index in [0.717, 1.165) is 13.1 Å². The number of aliphatic carboxylic acids is 1. The summed E-state index contributed by atoms with van der Waals surface area (Å²) >= 11 is 0. The van der Waals surface area contributed by atoms with Gasteiger partial charge in [0.05, 0.1) is 11.5 Å². The molecule has 0 bridgehead atoms. The maximum absolute atomic E-state index is 11.7. The Hall–Kier alpha value is -1.14. The average Bonchev–Trinajstić information content (AvgIpc) is 2.27. The van der Waals surface area contributed by atoms with E-state index in [1.807, 2.05) is 27.7 Å². The Morgan fingerprint density at radius 3 is 2.40 bits per heavy atom. The van der Waals surface area contributed by atoms with Crippen LogP contribution in [0.5, 0.6) is 0 Å². The summed E-state index contributed by atoms with van der Waals surface area (Å²) in [5, 5.41) is 14.9. The Balaban J connectivity index is 2.31. The van der Waals surface area contributed by atoms with Crippen molar-refractivity contribution >= 4 is 11.9 Å². The van der Waals surface area contributed by atoms with Crippen molar-refractivity contribution in [1.29, 1.82) is 0 Å². The van der Waals surface area contributed by atoms with Crippen LogP contribution in [0.1, 0.15) is 34.1 Å². The molecule has 0 aromatic rings. The van der Waals surface area contributed by atoms with E-state index in [1.165, 1.54) is 0 Å². The highest BCUT2D eigenvalue weighted by Crippen LogP contribution is 2.24. The van der Waals surface area contributed by atoms with Crippen molar-refractivity contribution in [3.05, 3.63) is 0 Å². The van der Waals surface area contributed by atoms with Crippen LogP contribution < -0.4 is 10.6 Å². The predicted octanol–water partition coefficient (Wildman–Crippen LogP) is 0.618. The van der Waals surface area contributed by atoms with Crippen LogP contribution in [0, 0.1) is 11.3 Å². The fourth-order valence-corrected chi connectivity index (χ4v) is 2.09. The number of carboxylic acid groups (broad SMARTS) is 1. The quantitative estimate of drug-likeness (QED) is 0.638. The lowest BCUT2D eigenvalue weighted by atomic mass is 9.84. The standard InChI is InChI=1S/C14H26N2O4/c1-13(2,3)5-10(12(18)19)6-16-11(17)7-20-14(4)8-15-9-14/h10,15H,5-9H2,1-4H3,(H,16,17)(H,18,19). The van der Waals surface area contributed by atoms with Crippen LogP contribution in [0.25, 0.3) is 0 Å². The Morgan fingerprint density at radius 1 is 1.40 bits per heavy atom. The Bertz CT molecular complexity index is 359. The van der Waals surface area contributed by atoms with E-state index in [0.29, 0.717) is 6.42 Å². The van der Waals surface area contributed by atoms with E-state index in [2.05, 4.69) is 10.6 Å². The molecule has 1 unspecified atom stereocenters. The van der Waals surface area contributed by atoms with Gasteiger partial charge in [0.2, 0.25) is 5.91 Å². The Labute approximate surface area is 120 Å². The number of carbonyl (C=O) groups is 2. The smallest absolute Gasteiger partial charge is 0.308 e. The molecule has 0 spiro atoms. The van der Waals surface area contributed by atoms with Crippen LogP contribution in [0.15, 0.2) is 0 Å². The molecule has 1 saturated heterocycles. The van der Waals surface area contributed by atoms with Gasteiger partial charge in [-0.25, -0.2) is 0 Å². The number of rotatable bonds is 7. The summed E-state index contributed by atoms with van der Waals surface area (Å²) in [6, 6.07) is 0. The second kappa shape index (κ2) is 6.54. The highest BCUT2D eigenvalue weighted by atomic mass is 16.5. The summed E-state index contributed by atoms with van der Waals surface area (Å²) < 4.78 is 5.50. The van der Waals surface area contributed by atoms with Crippen molar-refractivity contribution in [2.75, 3.05) is 26.2 Å².